The number of oxazole rings is 1. The van der Waals surface area contributed by atoms with Crippen LogP contribution in [0.1, 0.15) is 71.0 Å². The zero-order valence-corrected chi connectivity index (χ0v) is 20.5. The van der Waals surface area contributed by atoms with Crippen molar-refractivity contribution in [1.29, 1.82) is 5.41 Å². The molecule has 0 unspecified atom stereocenters. The number of amidine groups is 1. The van der Waals surface area contributed by atoms with Crippen LogP contribution >= 0.6 is 0 Å². The molecule has 2 aromatic carbocycles. The molecule has 34 heavy (non-hydrogen) atoms. The lowest BCUT2D eigenvalue weighted by molar-refractivity contribution is 0.0953. The lowest BCUT2D eigenvalue weighted by atomic mass is 9.85. The SMILES string of the molecule is CCOc1cc2c(cc1C(=O)NC)C(=N)N(CC(=O)c1cc(C(C)(C)C)c3oc(C)nc3c1)C2. The minimum atomic E-state index is -0.278. The van der Waals surface area contributed by atoms with E-state index in [0.29, 0.717) is 52.6 Å². The molecule has 0 atom stereocenters. The molecule has 0 saturated heterocycles. The standard InChI is InChI=1S/C26H30N4O4/c1-7-33-22-10-16-12-30(24(27)17(16)11-18(22)25(32)28-6)13-21(31)15-8-19(26(3,4)5)23-20(9-15)29-14(2)34-23/h8-11,27H,7,12-13H2,1-6H3,(H,28,32). The Morgan fingerprint density at radius 1 is 1.24 bits per heavy atom. The summed E-state index contributed by atoms with van der Waals surface area (Å²) in [6.07, 6.45) is 0. The van der Waals surface area contributed by atoms with E-state index in [1.807, 2.05) is 13.0 Å². The van der Waals surface area contributed by atoms with Crippen molar-refractivity contribution < 1.29 is 18.7 Å². The predicted molar refractivity (Wildman–Crippen MR) is 130 cm³/mol. The van der Waals surface area contributed by atoms with Gasteiger partial charge in [0.2, 0.25) is 0 Å². The lowest BCUT2D eigenvalue weighted by Gasteiger charge is -2.21. The van der Waals surface area contributed by atoms with E-state index in [1.54, 1.807) is 37.1 Å². The molecular formula is C26H30N4O4. The molecule has 1 aromatic heterocycles. The summed E-state index contributed by atoms with van der Waals surface area (Å²) in [6, 6.07) is 7.10. The molecule has 2 N–H and O–H groups in total. The van der Waals surface area contributed by atoms with Crippen LogP contribution in [-0.4, -0.2) is 47.6 Å². The number of aromatic nitrogens is 1. The van der Waals surface area contributed by atoms with Gasteiger partial charge < -0.3 is 19.4 Å². The van der Waals surface area contributed by atoms with Crippen molar-refractivity contribution in [1.82, 2.24) is 15.2 Å². The highest BCUT2D eigenvalue weighted by molar-refractivity contribution is 6.08. The van der Waals surface area contributed by atoms with Gasteiger partial charge in [-0.2, -0.15) is 0 Å². The zero-order valence-electron chi connectivity index (χ0n) is 20.5. The summed E-state index contributed by atoms with van der Waals surface area (Å²) < 4.78 is 11.5. The Balaban J connectivity index is 1.64. The molecule has 8 nitrogen and oxygen atoms in total. The first-order valence-corrected chi connectivity index (χ1v) is 11.3. The Hall–Kier alpha value is -3.68. The summed E-state index contributed by atoms with van der Waals surface area (Å²) >= 11 is 0. The van der Waals surface area contributed by atoms with E-state index < -0.39 is 0 Å². The number of ketones is 1. The second-order valence-corrected chi connectivity index (χ2v) is 9.50. The first-order valence-electron chi connectivity index (χ1n) is 11.3. The number of fused-ring (bicyclic) bond motifs is 2. The van der Waals surface area contributed by atoms with Crippen molar-refractivity contribution in [2.75, 3.05) is 20.2 Å². The van der Waals surface area contributed by atoms with Gasteiger partial charge in [-0.3, -0.25) is 15.0 Å². The minimum absolute atomic E-state index is 0.0404. The summed E-state index contributed by atoms with van der Waals surface area (Å²) in [5, 5.41) is 11.3. The summed E-state index contributed by atoms with van der Waals surface area (Å²) in [5.74, 6) is 0.856. The highest BCUT2D eigenvalue weighted by atomic mass is 16.5. The van der Waals surface area contributed by atoms with Crippen molar-refractivity contribution >= 4 is 28.6 Å². The normalized spacial score (nSPS) is 13.4. The lowest BCUT2D eigenvalue weighted by Crippen LogP contribution is -2.30. The fourth-order valence-corrected chi connectivity index (χ4v) is 4.28. The zero-order chi connectivity index (χ0) is 24.8. The van der Waals surface area contributed by atoms with Crippen molar-refractivity contribution in [2.45, 2.75) is 46.6 Å². The molecule has 4 rings (SSSR count). The molecule has 2 heterocycles. The number of carbonyl (C=O) groups is 2. The van der Waals surface area contributed by atoms with E-state index in [-0.39, 0.29) is 29.5 Å². The molecule has 1 aliphatic rings. The number of amides is 1. The molecule has 0 aliphatic carbocycles. The van der Waals surface area contributed by atoms with Crippen LogP contribution in [-0.2, 0) is 12.0 Å². The molecule has 0 radical (unpaired) electrons. The van der Waals surface area contributed by atoms with Crippen LogP contribution in [0.2, 0.25) is 0 Å². The Labute approximate surface area is 198 Å². The maximum absolute atomic E-state index is 13.3. The number of ether oxygens (including phenoxy) is 1. The molecule has 0 saturated carbocycles. The number of aryl methyl sites for hydroxylation is 1. The van der Waals surface area contributed by atoms with Crippen LogP contribution in [0, 0.1) is 12.3 Å². The number of hydrogen-bond acceptors (Lipinski definition) is 6. The third kappa shape index (κ3) is 4.16. The molecule has 1 aliphatic heterocycles. The van der Waals surface area contributed by atoms with Gasteiger partial charge in [0.25, 0.3) is 5.91 Å². The summed E-state index contributed by atoms with van der Waals surface area (Å²) in [5.41, 5.74) is 4.45. The first kappa shape index (κ1) is 23.5. The largest absolute Gasteiger partial charge is 0.493 e. The third-order valence-corrected chi connectivity index (χ3v) is 5.97. The van der Waals surface area contributed by atoms with Gasteiger partial charge in [-0.1, -0.05) is 20.8 Å². The number of nitrogens with one attached hydrogen (secondary N) is 2. The van der Waals surface area contributed by atoms with Crippen LogP contribution in [0.15, 0.2) is 28.7 Å². The molecule has 8 heteroatoms. The fourth-order valence-electron chi connectivity index (χ4n) is 4.28. The first-order chi connectivity index (χ1) is 16.0. The van der Waals surface area contributed by atoms with Crippen molar-refractivity contribution in [3.8, 4) is 5.75 Å². The molecule has 3 aromatic rings. The van der Waals surface area contributed by atoms with Gasteiger partial charge in [-0.15, -0.1) is 0 Å². The average Bonchev–Trinajstić information content (AvgIpc) is 3.29. The smallest absolute Gasteiger partial charge is 0.254 e. The van der Waals surface area contributed by atoms with Crippen LogP contribution in [0.5, 0.6) is 5.75 Å². The second kappa shape index (κ2) is 8.59. The van der Waals surface area contributed by atoms with Crippen LogP contribution < -0.4 is 10.1 Å². The van der Waals surface area contributed by atoms with Gasteiger partial charge in [-0.25, -0.2) is 4.98 Å². The molecule has 178 valence electrons. The number of rotatable bonds is 6. The van der Waals surface area contributed by atoms with Crippen molar-refractivity contribution in [3.05, 3.63) is 58.0 Å². The third-order valence-electron chi connectivity index (χ3n) is 5.97. The maximum Gasteiger partial charge on any atom is 0.254 e. The summed E-state index contributed by atoms with van der Waals surface area (Å²) in [6.45, 7) is 10.7. The molecular weight excluding hydrogens is 432 g/mol. The number of benzene rings is 2. The fraction of sp³-hybridized carbons (Fsp3) is 0.385. The van der Waals surface area contributed by atoms with Crippen LogP contribution in [0.4, 0.5) is 0 Å². The van der Waals surface area contributed by atoms with Gasteiger partial charge in [0.15, 0.2) is 17.3 Å². The average molecular weight is 463 g/mol. The highest BCUT2D eigenvalue weighted by Crippen LogP contribution is 2.33. The number of nitrogens with zero attached hydrogens (tertiary/aromatic N) is 2. The summed E-state index contributed by atoms with van der Waals surface area (Å²) in [4.78, 5) is 31.8. The van der Waals surface area contributed by atoms with Gasteiger partial charge in [0.05, 0.1) is 18.7 Å². The van der Waals surface area contributed by atoms with Crippen molar-refractivity contribution in [2.24, 2.45) is 0 Å². The second-order valence-electron chi connectivity index (χ2n) is 9.50. The van der Waals surface area contributed by atoms with E-state index in [0.717, 1.165) is 11.1 Å². The number of Topliss-reactive ketones (excluding diaryl/α,β-unsaturated/α-hetero) is 1. The van der Waals surface area contributed by atoms with Crippen LogP contribution in [0.3, 0.4) is 0 Å². The molecule has 0 fully saturated rings. The van der Waals surface area contributed by atoms with E-state index in [1.165, 1.54) is 0 Å². The molecule has 0 spiro atoms. The Morgan fingerprint density at radius 2 is 1.97 bits per heavy atom. The Morgan fingerprint density at radius 3 is 2.62 bits per heavy atom. The topological polar surface area (TPSA) is 109 Å². The van der Waals surface area contributed by atoms with Crippen LogP contribution in [0.25, 0.3) is 11.1 Å². The van der Waals surface area contributed by atoms with E-state index in [4.69, 9.17) is 14.6 Å². The maximum atomic E-state index is 13.3. The van der Waals surface area contributed by atoms with Gasteiger partial charge in [-0.05, 0) is 42.2 Å². The Kier molecular flexibility index (Phi) is 5.93. The minimum Gasteiger partial charge on any atom is -0.493 e. The number of hydrogen-bond donors (Lipinski definition) is 2. The monoisotopic (exact) mass is 462 g/mol. The van der Waals surface area contributed by atoms with Gasteiger partial charge in [0, 0.05) is 37.2 Å². The summed E-state index contributed by atoms with van der Waals surface area (Å²) in [7, 11) is 1.56. The Bertz CT molecular complexity index is 1320. The predicted octanol–water partition coefficient (Wildman–Crippen LogP) is 4.22. The van der Waals surface area contributed by atoms with Gasteiger partial charge in [0.1, 0.15) is 17.1 Å². The quantitative estimate of drug-likeness (QED) is 0.531. The van der Waals surface area contributed by atoms with E-state index in [2.05, 4.69) is 31.1 Å². The molecule has 1 amide bonds. The number of carbonyl (C=O) groups excluding carboxylic acids is 2. The van der Waals surface area contributed by atoms with Gasteiger partial charge >= 0.3 is 0 Å². The molecule has 0 bridgehead atoms. The van der Waals surface area contributed by atoms with Crippen molar-refractivity contribution in [3.63, 3.8) is 0 Å². The van der Waals surface area contributed by atoms with E-state index >= 15 is 0 Å². The highest BCUT2D eigenvalue weighted by Gasteiger charge is 2.30. The van der Waals surface area contributed by atoms with E-state index in [9.17, 15) is 9.59 Å².